The number of ether oxygens (including phenoxy) is 2. The van der Waals surface area contributed by atoms with Crippen LogP contribution in [0.2, 0.25) is 0 Å². The number of carbonyl (C=O) groups excluding carboxylic acids is 3. The summed E-state index contributed by atoms with van der Waals surface area (Å²) in [5.41, 5.74) is 1.51. The fraction of sp³-hybridized carbons (Fsp3) is 0.579. The van der Waals surface area contributed by atoms with Crippen LogP contribution in [-0.2, 0) is 24.0 Å². The van der Waals surface area contributed by atoms with Crippen molar-refractivity contribution in [1.29, 1.82) is 0 Å². The third-order valence-corrected chi connectivity index (χ3v) is 15.3. The van der Waals surface area contributed by atoms with Crippen LogP contribution in [0, 0.1) is 5.92 Å². The molecule has 23 heteroatoms. The maximum atomic E-state index is 14.3. The molecule has 5 N–H and O–H groups in total. The van der Waals surface area contributed by atoms with Gasteiger partial charge in [-0.1, -0.05) is 39.8 Å². The predicted molar refractivity (Wildman–Crippen MR) is 301 cm³/mol. The average Bonchev–Trinajstić information content (AvgIpc) is 3.87. The average molecular weight is 1120 g/mol. The van der Waals surface area contributed by atoms with Crippen molar-refractivity contribution in [3.63, 3.8) is 0 Å². The number of benzene rings is 2. The van der Waals surface area contributed by atoms with Gasteiger partial charge in [-0.2, -0.15) is 5.10 Å². The van der Waals surface area contributed by atoms with Gasteiger partial charge < -0.3 is 49.9 Å². The van der Waals surface area contributed by atoms with Gasteiger partial charge in [-0.3, -0.25) is 48.4 Å². The van der Waals surface area contributed by atoms with Crippen molar-refractivity contribution in [2.75, 3.05) is 140 Å². The van der Waals surface area contributed by atoms with E-state index in [9.17, 15) is 54.0 Å². The number of methoxy groups -OCH3 is 2. The Morgan fingerprint density at radius 3 is 1.68 bits per heavy atom. The van der Waals surface area contributed by atoms with E-state index in [1.54, 1.807) is 79.7 Å². The lowest BCUT2D eigenvalue weighted by atomic mass is 9.72. The molecule has 2 fully saturated rings. The Bertz CT molecular complexity index is 2610. The van der Waals surface area contributed by atoms with Crippen molar-refractivity contribution in [2.24, 2.45) is 5.92 Å². The van der Waals surface area contributed by atoms with E-state index in [1.165, 1.54) is 14.2 Å². The summed E-state index contributed by atoms with van der Waals surface area (Å²) in [6.45, 7) is 14.2. The normalized spacial score (nSPS) is 18.3. The van der Waals surface area contributed by atoms with Gasteiger partial charge in [0.05, 0.1) is 57.3 Å². The van der Waals surface area contributed by atoms with Gasteiger partial charge in [0.2, 0.25) is 5.91 Å². The summed E-state index contributed by atoms with van der Waals surface area (Å²) >= 11 is 0. The minimum atomic E-state index is -1.66. The Balaban J connectivity index is 1.22. The maximum Gasteiger partial charge on any atom is 0.333 e. The fourth-order valence-corrected chi connectivity index (χ4v) is 10.4. The molecule has 440 valence electrons. The van der Waals surface area contributed by atoms with E-state index < -0.39 is 35.3 Å². The molecule has 3 aromatic rings. The van der Waals surface area contributed by atoms with E-state index in [-0.39, 0.29) is 88.1 Å². The van der Waals surface area contributed by atoms with E-state index in [2.05, 4.69) is 23.7 Å². The minimum Gasteiger partial charge on any atom is -0.496 e. The van der Waals surface area contributed by atoms with Gasteiger partial charge in [0.1, 0.15) is 11.5 Å². The smallest absolute Gasteiger partial charge is 0.333 e. The number of hydrogen-bond acceptors (Lipinski definition) is 15. The number of aromatic nitrogens is 2. The Morgan fingerprint density at radius 2 is 1.23 bits per heavy atom. The summed E-state index contributed by atoms with van der Waals surface area (Å²) in [5, 5.41) is 46.8. The van der Waals surface area contributed by atoms with Crippen molar-refractivity contribution in [1.82, 2.24) is 49.4 Å². The van der Waals surface area contributed by atoms with Gasteiger partial charge in [-0.25, -0.2) is 9.48 Å². The minimum absolute atomic E-state index is 0.0338. The lowest BCUT2D eigenvalue weighted by Crippen LogP contribution is -2.57. The number of nitrogens with one attached hydrogen (secondary N) is 1. The molecule has 1 aromatic heterocycles. The monoisotopic (exact) mass is 1120 g/mol. The number of rotatable bonds is 26. The van der Waals surface area contributed by atoms with E-state index in [4.69, 9.17) is 14.6 Å². The highest BCUT2D eigenvalue weighted by molar-refractivity contribution is 5.99. The summed E-state index contributed by atoms with van der Waals surface area (Å²) in [6.07, 6.45) is 3.52. The predicted octanol–water partition coefficient (Wildman–Crippen LogP) is 3.72. The second-order valence-electron chi connectivity index (χ2n) is 21.4. The van der Waals surface area contributed by atoms with Crippen LogP contribution in [0.3, 0.4) is 0 Å². The molecule has 0 radical (unpaired) electrons. The number of carboxylic acid groups (broad SMARTS) is 4. The van der Waals surface area contributed by atoms with E-state index in [0.29, 0.717) is 118 Å². The lowest BCUT2D eigenvalue weighted by Gasteiger charge is -2.39. The molecule has 80 heavy (non-hydrogen) atoms. The highest BCUT2D eigenvalue weighted by atomic mass is 16.5. The number of carboxylic acids is 4. The topological polar surface area (TPSA) is 271 Å². The maximum absolute atomic E-state index is 14.3. The van der Waals surface area contributed by atoms with Crippen molar-refractivity contribution < 1.29 is 63.5 Å². The molecule has 0 bridgehead atoms. The van der Waals surface area contributed by atoms with Crippen molar-refractivity contribution in [3.05, 3.63) is 71.4 Å². The molecule has 2 aliphatic rings. The Labute approximate surface area is 469 Å². The quantitative estimate of drug-likeness (QED) is 0.0717. The summed E-state index contributed by atoms with van der Waals surface area (Å²) in [6, 6.07) is 12.3. The summed E-state index contributed by atoms with van der Waals surface area (Å²) in [7, 11) is 8.53. The van der Waals surface area contributed by atoms with Crippen molar-refractivity contribution in [2.45, 2.75) is 70.8 Å². The van der Waals surface area contributed by atoms with Crippen LogP contribution in [-0.4, -0.2) is 252 Å². The van der Waals surface area contributed by atoms with E-state index in [1.807, 2.05) is 31.9 Å². The van der Waals surface area contributed by atoms with Crippen LogP contribution < -0.4 is 14.8 Å². The summed E-state index contributed by atoms with van der Waals surface area (Å²) in [4.78, 5) is 102. The Morgan fingerprint density at radius 1 is 0.725 bits per heavy atom. The molecule has 2 heterocycles. The van der Waals surface area contributed by atoms with Crippen LogP contribution in [0.1, 0.15) is 91.6 Å². The Hall–Kier alpha value is -6.92. The van der Waals surface area contributed by atoms with Crippen LogP contribution in [0.4, 0.5) is 0 Å². The third-order valence-electron chi connectivity index (χ3n) is 15.3. The number of likely N-dealkylation sites (N-methyl/N-ethyl adjacent to an activating group) is 1. The summed E-state index contributed by atoms with van der Waals surface area (Å²) in [5.74, 6) is -4.20. The SMILES string of the molecule is C=C1CC(CC)CCC1(NC(=O)c1cc(-c2c(OC)cccc2OC)n(-c2ccc(C(=O)N(C)CCCN(C)CCCN(C)C(=O)CN3CCN(CC(=O)O)CCN(CC(=O)O)CCN(CC(=O)O)CC3)cc2C(C)C)n1)C(=O)O. The molecule has 3 amide bonds. The van der Waals surface area contributed by atoms with Crippen LogP contribution in [0.15, 0.2) is 54.6 Å². The van der Waals surface area contributed by atoms with Crippen molar-refractivity contribution in [3.8, 4) is 28.4 Å². The van der Waals surface area contributed by atoms with Gasteiger partial charge in [0.15, 0.2) is 11.2 Å². The number of nitrogens with zero attached hydrogens (tertiary/aromatic N) is 9. The number of carbonyl (C=O) groups is 7. The second-order valence-corrected chi connectivity index (χ2v) is 21.4. The molecule has 1 aliphatic carbocycles. The highest BCUT2D eigenvalue weighted by Crippen LogP contribution is 2.42. The van der Waals surface area contributed by atoms with Gasteiger partial charge in [0, 0.05) is 85.1 Å². The number of amides is 3. The first kappa shape index (κ1) is 63.9. The number of aliphatic carboxylic acids is 4. The summed E-state index contributed by atoms with van der Waals surface area (Å²) < 4.78 is 13.2. The van der Waals surface area contributed by atoms with E-state index >= 15 is 0 Å². The molecule has 0 spiro atoms. The third kappa shape index (κ3) is 17.5. The molecule has 23 nitrogen and oxygen atoms in total. The van der Waals surface area contributed by atoms with Crippen LogP contribution in [0.5, 0.6) is 11.5 Å². The molecule has 1 saturated heterocycles. The van der Waals surface area contributed by atoms with Gasteiger partial charge in [-0.05, 0) is 112 Å². The van der Waals surface area contributed by atoms with Gasteiger partial charge in [0.25, 0.3) is 11.8 Å². The van der Waals surface area contributed by atoms with Gasteiger partial charge in [-0.15, -0.1) is 0 Å². The van der Waals surface area contributed by atoms with Gasteiger partial charge >= 0.3 is 23.9 Å². The van der Waals surface area contributed by atoms with E-state index in [0.717, 1.165) is 12.0 Å². The molecule has 5 rings (SSSR count). The zero-order valence-electron chi connectivity index (χ0n) is 47.9. The first-order valence-corrected chi connectivity index (χ1v) is 27.4. The zero-order chi connectivity index (χ0) is 58.8. The molecule has 2 aromatic carbocycles. The zero-order valence-corrected chi connectivity index (χ0v) is 47.9. The largest absolute Gasteiger partial charge is 0.496 e. The molecule has 2 unspecified atom stereocenters. The molecule has 1 saturated carbocycles. The fourth-order valence-electron chi connectivity index (χ4n) is 10.4. The highest BCUT2D eigenvalue weighted by Gasteiger charge is 2.46. The first-order valence-electron chi connectivity index (χ1n) is 27.4. The lowest BCUT2D eigenvalue weighted by molar-refractivity contribution is -0.144. The molecule has 2 atom stereocenters. The molecular formula is C57H84N10O13. The van der Waals surface area contributed by atoms with Crippen LogP contribution >= 0.6 is 0 Å². The Kier molecular flexibility index (Phi) is 24.0. The molecular weight excluding hydrogens is 1030 g/mol. The first-order chi connectivity index (χ1) is 38.0. The number of hydrogen-bond donors (Lipinski definition) is 5. The molecule has 1 aliphatic heterocycles. The second kappa shape index (κ2) is 30.1. The van der Waals surface area contributed by atoms with Crippen molar-refractivity contribution >= 4 is 41.6 Å². The van der Waals surface area contributed by atoms with Crippen LogP contribution in [0.25, 0.3) is 16.9 Å². The standard InChI is InChI=1S/C57H84N10O13/c1-10-41-18-19-57(56(77)78,40(4)32-41)58-54(75)44-34-46(53-47(79-8)14-11-15-48(53)80-9)67(59-44)45-17-16-42(33-43(45)39(2)3)55(76)62(7)23-13-21-60(5)20-12-22-61(6)49(68)35-63-24-26-64(36-50(69)70)28-30-66(38-52(73)74)31-29-65(27-25-63)37-51(71)72/h11,14-17,33-34,39,41H,4,10,12-13,18-32,35-38H2,1-3,5-9H3,(H,58,75)(H,69,70)(H,71,72)(H,73,74)(H,77,78).